The molecular weight excluding hydrogens is 308 g/mol. The quantitative estimate of drug-likeness (QED) is 0.923. The van der Waals surface area contributed by atoms with Gasteiger partial charge in [0.05, 0.1) is 5.02 Å². The summed E-state index contributed by atoms with van der Waals surface area (Å²) >= 11 is 6.13. The van der Waals surface area contributed by atoms with Gasteiger partial charge < -0.3 is 5.73 Å². The third-order valence-electron chi connectivity index (χ3n) is 4.17. The molecule has 1 aromatic rings. The van der Waals surface area contributed by atoms with E-state index in [4.69, 9.17) is 17.3 Å². The highest BCUT2D eigenvalue weighted by Crippen LogP contribution is 2.31. The van der Waals surface area contributed by atoms with E-state index in [0.29, 0.717) is 13.1 Å². The summed E-state index contributed by atoms with van der Waals surface area (Å²) in [7, 11) is -3.55. The highest BCUT2D eigenvalue weighted by atomic mass is 35.5. The minimum absolute atomic E-state index is 0.00247. The molecule has 118 valence electrons. The van der Waals surface area contributed by atoms with Gasteiger partial charge in [-0.15, -0.1) is 0 Å². The van der Waals surface area contributed by atoms with Gasteiger partial charge >= 0.3 is 0 Å². The molecule has 2 rings (SSSR count). The van der Waals surface area contributed by atoms with E-state index in [9.17, 15) is 8.42 Å². The van der Waals surface area contributed by atoms with Crippen molar-refractivity contribution in [3.63, 3.8) is 0 Å². The molecule has 0 bridgehead atoms. The molecule has 1 aliphatic heterocycles. The normalized spacial score (nSPS) is 21.9. The lowest BCUT2D eigenvalue weighted by molar-refractivity contribution is 0.429. The molecule has 0 aliphatic carbocycles. The van der Waals surface area contributed by atoms with Crippen molar-refractivity contribution in [1.82, 2.24) is 4.31 Å². The van der Waals surface area contributed by atoms with Crippen LogP contribution >= 0.6 is 11.6 Å². The molecular formula is C15H23ClN2O2S. The molecule has 21 heavy (non-hydrogen) atoms. The summed E-state index contributed by atoms with van der Waals surface area (Å²) in [4.78, 5) is 0.209. The Bertz CT molecular complexity index is 614. The number of hydrogen-bond donors (Lipinski definition) is 1. The van der Waals surface area contributed by atoms with Crippen molar-refractivity contribution in [3.8, 4) is 0 Å². The largest absolute Gasteiger partial charge is 0.328 e. The van der Waals surface area contributed by atoms with E-state index in [1.54, 1.807) is 12.1 Å². The minimum Gasteiger partial charge on any atom is -0.328 e. The van der Waals surface area contributed by atoms with Crippen molar-refractivity contribution in [2.45, 2.75) is 44.0 Å². The predicted octanol–water partition coefficient (Wildman–Crippen LogP) is 2.82. The second kappa shape index (κ2) is 6.24. The third kappa shape index (κ3) is 3.42. The van der Waals surface area contributed by atoms with Gasteiger partial charge in [0.2, 0.25) is 10.0 Å². The van der Waals surface area contributed by atoms with E-state index in [2.05, 4.69) is 0 Å². The first-order chi connectivity index (χ1) is 9.73. The van der Waals surface area contributed by atoms with Crippen LogP contribution in [0.15, 0.2) is 23.1 Å². The summed E-state index contributed by atoms with van der Waals surface area (Å²) in [5.74, 6) is 0.471. The number of hydrogen-bond acceptors (Lipinski definition) is 3. The van der Waals surface area contributed by atoms with Crippen molar-refractivity contribution in [2.75, 3.05) is 13.1 Å². The Balaban J connectivity index is 2.34. The fraction of sp³-hybridized carbons (Fsp3) is 0.600. The lowest BCUT2D eigenvalue weighted by Crippen LogP contribution is -2.33. The fourth-order valence-electron chi connectivity index (χ4n) is 2.62. The molecule has 0 radical (unpaired) electrons. The zero-order chi connectivity index (χ0) is 15.8. The molecule has 6 heteroatoms. The van der Waals surface area contributed by atoms with E-state index < -0.39 is 10.0 Å². The van der Waals surface area contributed by atoms with Crippen LogP contribution in [0.1, 0.15) is 38.7 Å². The summed E-state index contributed by atoms with van der Waals surface area (Å²) in [6.07, 6.45) is 0.804. The Morgan fingerprint density at radius 1 is 1.33 bits per heavy atom. The molecule has 0 aromatic heterocycles. The van der Waals surface area contributed by atoms with Crippen LogP contribution in [0, 0.1) is 5.92 Å². The van der Waals surface area contributed by atoms with E-state index in [1.807, 2.05) is 26.8 Å². The van der Waals surface area contributed by atoms with Crippen LogP contribution in [0.3, 0.4) is 0 Å². The lowest BCUT2D eigenvalue weighted by Gasteiger charge is -2.19. The van der Waals surface area contributed by atoms with Crippen LogP contribution in [0.25, 0.3) is 0 Å². The standard InChI is InChI=1S/C15H23ClN2O2S/c1-10(2)12-4-5-14(16)15(8-12)21(19,20)18-7-6-13(9-18)11(3)17/h4-5,8,10-11,13H,6-7,9,17H2,1-3H3. The minimum atomic E-state index is -3.55. The van der Waals surface area contributed by atoms with Crippen molar-refractivity contribution in [1.29, 1.82) is 0 Å². The molecule has 1 aromatic carbocycles. The number of halogens is 1. The number of nitrogens with zero attached hydrogens (tertiary/aromatic N) is 1. The molecule has 2 unspecified atom stereocenters. The van der Waals surface area contributed by atoms with Crippen molar-refractivity contribution < 1.29 is 8.42 Å². The van der Waals surface area contributed by atoms with Gasteiger partial charge in [-0.05, 0) is 42.9 Å². The fourth-order valence-corrected chi connectivity index (χ4v) is 4.64. The molecule has 2 N–H and O–H groups in total. The maximum Gasteiger partial charge on any atom is 0.244 e. The zero-order valence-electron chi connectivity index (χ0n) is 12.7. The van der Waals surface area contributed by atoms with E-state index in [1.165, 1.54) is 4.31 Å². The number of nitrogens with two attached hydrogens (primary N) is 1. The molecule has 4 nitrogen and oxygen atoms in total. The van der Waals surface area contributed by atoms with E-state index in [0.717, 1.165) is 12.0 Å². The smallest absolute Gasteiger partial charge is 0.244 e. The maximum atomic E-state index is 12.8. The van der Waals surface area contributed by atoms with Gasteiger partial charge in [-0.2, -0.15) is 4.31 Å². The van der Waals surface area contributed by atoms with E-state index >= 15 is 0 Å². The zero-order valence-corrected chi connectivity index (χ0v) is 14.3. The first kappa shape index (κ1) is 16.7. The SMILES string of the molecule is CC(C)c1ccc(Cl)c(S(=O)(=O)N2CCC(C(C)N)C2)c1. The average molecular weight is 331 g/mol. The number of sulfonamides is 1. The predicted molar refractivity (Wildman–Crippen MR) is 86.1 cm³/mol. The van der Waals surface area contributed by atoms with Crippen LogP contribution in [0.5, 0.6) is 0 Å². The van der Waals surface area contributed by atoms with Crippen molar-refractivity contribution in [2.24, 2.45) is 11.7 Å². The lowest BCUT2D eigenvalue weighted by atomic mass is 10.0. The van der Waals surface area contributed by atoms with Gasteiger partial charge in [-0.3, -0.25) is 0 Å². The Kier molecular flexibility index (Phi) is 4.98. The summed E-state index contributed by atoms with van der Waals surface area (Å²) in [6, 6.07) is 5.24. The molecule has 0 spiro atoms. The molecule has 1 saturated heterocycles. The van der Waals surface area contributed by atoms with Crippen molar-refractivity contribution >= 4 is 21.6 Å². The Labute approximate surface area is 132 Å². The summed E-state index contributed by atoms with van der Waals surface area (Å²) in [6.45, 7) is 6.97. The topological polar surface area (TPSA) is 63.4 Å². The molecule has 0 amide bonds. The van der Waals surface area contributed by atoms with Crippen LogP contribution in [0.4, 0.5) is 0 Å². The number of rotatable bonds is 4. The van der Waals surface area contributed by atoms with Gasteiger partial charge in [0, 0.05) is 19.1 Å². The highest BCUT2D eigenvalue weighted by molar-refractivity contribution is 7.89. The summed E-state index contributed by atoms with van der Waals surface area (Å²) in [5, 5.41) is 0.281. The summed E-state index contributed by atoms with van der Waals surface area (Å²) < 4.78 is 27.1. The second-order valence-electron chi connectivity index (χ2n) is 6.12. The van der Waals surface area contributed by atoms with Gasteiger partial charge in [-0.25, -0.2) is 8.42 Å². The van der Waals surface area contributed by atoms with Gasteiger partial charge in [0.25, 0.3) is 0 Å². The van der Waals surface area contributed by atoms with Crippen LogP contribution < -0.4 is 5.73 Å². The number of benzene rings is 1. The van der Waals surface area contributed by atoms with Gasteiger partial charge in [-0.1, -0.05) is 31.5 Å². The molecule has 0 saturated carbocycles. The van der Waals surface area contributed by atoms with E-state index in [-0.39, 0.29) is 27.8 Å². The molecule has 1 aliphatic rings. The molecule has 1 heterocycles. The monoisotopic (exact) mass is 330 g/mol. The van der Waals surface area contributed by atoms with Gasteiger partial charge in [0.15, 0.2) is 0 Å². The Hall–Kier alpha value is -0.620. The van der Waals surface area contributed by atoms with Crippen LogP contribution in [0.2, 0.25) is 5.02 Å². The van der Waals surface area contributed by atoms with Crippen LogP contribution in [-0.4, -0.2) is 31.9 Å². The highest BCUT2D eigenvalue weighted by Gasteiger charge is 2.35. The van der Waals surface area contributed by atoms with Gasteiger partial charge in [0.1, 0.15) is 4.90 Å². The Morgan fingerprint density at radius 3 is 2.52 bits per heavy atom. The first-order valence-corrected chi connectivity index (χ1v) is 9.10. The third-order valence-corrected chi connectivity index (χ3v) is 6.52. The first-order valence-electron chi connectivity index (χ1n) is 7.28. The molecule has 2 atom stereocenters. The summed E-state index contributed by atoms with van der Waals surface area (Å²) in [5.41, 5.74) is 6.86. The van der Waals surface area contributed by atoms with Crippen molar-refractivity contribution in [3.05, 3.63) is 28.8 Å². The Morgan fingerprint density at radius 2 is 2.00 bits per heavy atom. The molecule has 1 fully saturated rings. The second-order valence-corrected chi connectivity index (χ2v) is 8.43. The maximum absolute atomic E-state index is 12.8. The van der Waals surface area contributed by atoms with Crippen LogP contribution in [-0.2, 0) is 10.0 Å². The average Bonchev–Trinajstić information content (AvgIpc) is 2.89.